The summed E-state index contributed by atoms with van der Waals surface area (Å²) in [4.78, 5) is 24.8. The summed E-state index contributed by atoms with van der Waals surface area (Å²) in [5.41, 5.74) is -0.300. The third kappa shape index (κ3) is 4.19. The normalized spacial score (nSPS) is 17.0. The van der Waals surface area contributed by atoms with E-state index in [0.29, 0.717) is 5.56 Å². The highest BCUT2D eigenvalue weighted by Crippen LogP contribution is 2.35. The number of halogens is 4. The first-order valence-electron chi connectivity index (χ1n) is 8.18. The molecule has 1 unspecified atom stereocenters. The molecule has 28 heavy (non-hydrogen) atoms. The second kappa shape index (κ2) is 7.67. The van der Waals surface area contributed by atoms with Crippen LogP contribution in [0.25, 0.3) is 0 Å². The van der Waals surface area contributed by atoms with Crippen molar-refractivity contribution in [1.82, 2.24) is 10.6 Å². The molecule has 1 aliphatic heterocycles. The van der Waals surface area contributed by atoms with Crippen LogP contribution in [-0.4, -0.2) is 11.9 Å². The van der Waals surface area contributed by atoms with Crippen molar-refractivity contribution >= 4 is 33.6 Å². The number of allylic oxidation sites excluding steroid dienone is 1. The lowest BCUT2D eigenvalue weighted by Gasteiger charge is -2.29. The molecule has 1 heterocycles. The van der Waals surface area contributed by atoms with Crippen molar-refractivity contribution in [3.8, 4) is 0 Å². The molecule has 0 bridgehead atoms. The minimum Gasteiger partial charge on any atom is -0.327 e. The van der Waals surface area contributed by atoms with E-state index in [1.54, 1.807) is 24.3 Å². The molecule has 3 N–H and O–H groups in total. The fraction of sp³-hybridized carbons (Fsp3) is 0.158. The Balaban J connectivity index is 1.98. The van der Waals surface area contributed by atoms with Crippen LogP contribution < -0.4 is 16.0 Å². The zero-order valence-corrected chi connectivity index (χ0v) is 16.1. The lowest BCUT2D eigenvalue weighted by molar-refractivity contribution is -0.137. The molecule has 3 rings (SSSR count). The van der Waals surface area contributed by atoms with Gasteiger partial charge in [0.2, 0.25) is 0 Å². The first kappa shape index (κ1) is 19.9. The predicted molar refractivity (Wildman–Crippen MR) is 101 cm³/mol. The summed E-state index contributed by atoms with van der Waals surface area (Å²) < 4.78 is 40.4. The number of para-hydroxylation sites is 1. The Labute approximate surface area is 167 Å². The standard InChI is InChI=1S/C19H15BrF3N3O2/c1-10-15(16(26-18(28)24-10)11-6-8-12(20)9-7-11)17(27)25-14-5-3-2-4-13(14)19(21,22)23/h2-9,16H,1H3,(H,25,27)(H2,24,26,28). The van der Waals surface area contributed by atoms with Crippen LogP contribution in [-0.2, 0) is 11.0 Å². The van der Waals surface area contributed by atoms with Gasteiger partial charge in [-0.1, -0.05) is 40.2 Å². The average Bonchev–Trinajstić information content (AvgIpc) is 2.61. The predicted octanol–water partition coefficient (Wildman–Crippen LogP) is 4.73. The summed E-state index contributed by atoms with van der Waals surface area (Å²) in [6.07, 6.45) is -4.61. The van der Waals surface area contributed by atoms with Gasteiger partial charge in [0.15, 0.2) is 0 Å². The Morgan fingerprint density at radius 2 is 1.75 bits per heavy atom. The maximum atomic E-state index is 13.2. The smallest absolute Gasteiger partial charge is 0.327 e. The maximum absolute atomic E-state index is 13.2. The van der Waals surface area contributed by atoms with Crippen LogP contribution in [0.5, 0.6) is 0 Å². The lowest BCUT2D eigenvalue weighted by atomic mass is 9.94. The molecule has 0 radical (unpaired) electrons. The van der Waals surface area contributed by atoms with Gasteiger partial charge >= 0.3 is 12.2 Å². The molecule has 0 aromatic heterocycles. The number of hydrogen-bond acceptors (Lipinski definition) is 2. The number of hydrogen-bond donors (Lipinski definition) is 3. The van der Waals surface area contributed by atoms with Gasteiger partial charge < -0.3 is 16.0 Å². The van der Waals surface area contributed by atoms with Gasteiger partial charge in [-0.3, -0.25) is 4.79 Å². The van der Waals surface area contributed by atoms with Gasteiger partial charge in [-0.25, -0.2) is 4.79 Å². The van der Waals surface area contributed by atoms with Gasteiger partial charge in [0, 0.05) is 10.2 Å². The summed E-state index contributed by atoms with van der Waals surface area (Å²) in [7, 11) is 0. The summed E-state index contributed by atoms with van der Waals surface area (Å²) >= 11 is 3.31. The fourth-order valence-electron chi connectivity index (χ4n) is 2.93. The molecule has 2 aromatic rings. The Hall–Kier alpha value is -2.81. The molecule has 146 valence electrons. The first-order valence-corrected chi connectivity index (χ1v) is 8.97. The zero-order chi connectivity index (χ0) is 20.5. The molecule has 0 fully saturated rings. The quantitative estimate of drug-likeness (QED) is 0.628. The topological polar surface area (TPSA) is 70.2 Å². The molecule has 1 atom stereocenters. The molecule has 1 aliphatic rings. The Kier molecular flexibility index (Phi) is 5.46. The van der Waals surface area contributed by atoms with E-state index in [4.69, 9.17) is 0 Å². The molecule has 0 spiro atoms. The van der Waals surface area contributed by atoms with Crippen LogP contribution in [0.3, 0.4) is 0 Å². The van der Waals surface area contributed by atoms with E-state index >= 15 is 0 Å². The summed E-state index contributed by atoms with van der Waals surface area (Å²) in [6, 6.07) is 10.3. The first-order chi connectivity index (χ1) is 13.2. The van der Waals surface area contributed by atoms with E-state index < -0.39 is 29.7 Å². The number of benzene rings is 2. The Morgan fingerprint density at radius 3 is 2.39 bits per heavy atom. The molecule has 0 saturated heterocycles. The zero-order valence-electron chi connectivity index (χ0n) is 14.5. The van der Waals surface area contributed by atoms with Crippen molar-refractivity contribution in [2.75, 3.05) is 5.32 Å². The van der Waals surface area contributed by atoms with Crippen LogP contribution in [0.2, 0.25) is 0 Å². The van der Waals surface area contributed by atoms with Crippen LogP contribution in [0.1, 0.15) is 24.1 Å². The SMILES string of the molecule is CC1=C(C(=O)Nc2ccccc2C(F)(F)F)C(c2ccc(Br)cc2)NC(=O)N1. The molecule has 2 aromatic carbocycles. The number of carbonyl (C=O) groups excluding carboxylic acids is 2. The lowest BCUT2D eigenvalue weighted by Crippen LogP contribution is -2.46. The van der Waals surface area contributed by atoms with Crippen LogP contribution in [0, 0.1) is 0 Å². The number of anilines is 1. The third-order valence-electron chi connectivity index (χ3n) is 4.20. The highest BCUT2D eigenvalue weighted by Gasteiger charge is 2.35. The number of rotatable bonds is 3. The van der Waals surface area contributed by atoms with E-state index in [9.17, 15) is 22.8 Å². The number of nitrogens with one attached hydrogen (secondary N) is 3. The van der Waals surface area contributed by atoms with Gasteiger partial charge in [0.1, 0.15) is 0 Å². The second-order valence-corrected chi connectivity index (χ2v) is 7.03. The number of urea groups is 1. The largest absolute Gasteiger partial charge is 0.418 e. The minimum atomic E-state index is -4.61. The maximum Gasteiger partial charge on any atom is 0.418 e. The van der Waals surface area contributed by atoms with E-state index in [-0.39, 0.29) is 17.0 Å². The van der Waals surface area contributed by atoms with Gasteiger partial charge in [0.25, 0.3) is 5.91 Å². The van der Waals surface area contributed by atoms with Gasteiger partial charge in [-0.05, 0) is 36.8 Å². The van der Waals surface area contributed by atoms with Gasteiger partial charge in [0.05, 0.1) is 22.9 Å². The average molecular weight is 454 g/mol. The molecule has 0 aliphatic carbocycles. The molecular weight excluding hydrogens is 439 g/mol. The third-order valence-corrected chi connectivity index (χ3v) is 4.73. The fourth-order valence-corrected chi connectivity index (χ4v) is 3.19. The van der Waals surface area contributed by atoms with E-state index in [1.807, 2.05) is 0 Å². The number of amides is 3. The number of alkyl halides is 3. The summed E-state index contributed by atoms with van der Waals surface area (Å²) in [6.45, 7) is 1.52. The van der Waals surface area contributed by atoms with Crippen molar-refractivity contribution in [2.45, 2.75) is 19.1 Å². The second-order valence-electron chi connectivity index (χ2n) is 6.12. The summed E-state index contributed by atoms with van der Waals surface area (Å²) in [5, 5.41) is 7.45. The molecule has 5 nitrogen and oxygen atoms in total. The van der Waals surface area contributed by atoms with E-state index in [2.05, 4.69) is 31.9 Å². The molecule has 0 saturated carbocycles. The van der Waals surface area contributed by atoms with Gasteiger partial charge in [-0.2, -0.15) is 13.2 Å². The Morgan fingerprint density at radius 1 is 1.11 bits per heavy atom. The van der Waals surface area contributed by atoms with E-state index in [1.165, 1.54) is 25.1 Å². The van der Waals surface area contributed by atoms with Crippen molar-refractivity contribution in [3.05, 3.63) is 75.4 Å². The van der Waals surface area contributed by atoms with Gasteiger partial charge in [-0.15, -0.1) is 0 Å². The monoisotopic (exact) mass is 453 g/mol. The van der Waals surface area contributed by atoms with Crippen molar-refractivity contribution in [2.24, 2.45) is 0 Å². The highest BCUT2D eigenvalue weighted by molar-refractivity contribution is 9.10. The van der Waals surface area contributed by atoms with E-state index in [0.717, 1.165) is 10.5 Å². The minimum absolute atomic E-state index is 0.124. The van der Waals surface area contributed by atoms with Crippen LogP contribution in [0.4, 0.5) is 23.7 Å². The van der Waals surface area contributed by atoms with Crippen LogP contribution >= 0.6 is 15.9 Å². The highest BCUT2D eigenvalue weighted by atomic mass is 79.9. The van der Waals surface area contributed by atoms with Crippen molar-refractivity contribution < 1.29 is 22.8 Å². The molecule has 3 amide bonds. The molecular formula is C19H15BrF3N3O2. The Bertz CT molecular complexity index is 956. The van der Waals surface area contributed by atoms with Crippen LogP contribution in [0.15, 0.2) is 64.3 Å². The number of carbonyl (C=O) groups is 2. The van der Waals surface area contributed by atoms with Crippen molar-refractivity contribution in [1.29, 1.82) is 0 Å². The summed E-state index contributed by atoms with van der Waals surface area (Å²) in [5.74, 6) is -0.741. The molecule has 9 heteroatoms. The van der Waals surface area contributed by atoms with Crippen molar-refractivity contribution in [3.63, 3.8) is 0 Å².